The second-order valence-corrected chi connectivity index (χ2v) is 13.2. The molecule has 6 rings (SSSR count). The molecule has 1 aliphatic carbocycles. The number of ether oxygens (including phenoxy) is 3. The molecule has 3 heterocycles. The lowest BCUT2D eigenvalue weighted by atomic mass is 9.68. The predicted molar refractivity (Wildman–Crippen MR) is 156 cm³/mol. The van der Waals surface area contributed by atoms with Gasteiger partial charge in [-0.1, -0.05) is 44.2 Å². The summed E-state index contributed by atoms with van der Waals surface area (Å²) in [5.74, 6) is 0.978. The van der Waals surface area contributed by atoms with E-state index in [0.29, 0.717) is 42.0 Å². The minimum atomic E-state index is -3.71. The number of rotatable bonds is 6. The third-order valence-electron chi connectivity index (χ3n) is 8.73. The molecule has 42 heavy (non-hydrogen) atoms. The number of nitrogens with zero attached hydrogens (tertiary/aromatic N) is 3. The zero-order valence-electron chi connectivity index (χ0n) is 24.2. The molecule has 2 fully saturated rings. The molecule has 1 saturated heterocycles. The maximum Gasteiger partial charge on any atom is 0.586 e. The summed E-state index contributed by atoms with van der Waals surface area (Å²) in [6.07, 6.45) is 3.05. The molecule has 3 atom stereocenters. The van der Waals surface area contributed by atoms with E-state index in [0.717, 1.165) is 42.5 Å². The Morgan fingerprint density at radius 3 is 2.60 bits per heavy atom. The van der Waals surface area contributed by atoms with Crippen LogP contribution in [0.15, 0.2) is 59.7 Å². The number of likely N-dealkylation sites (tertiary alicyclic amines) is 1. The van der Waals surface area contributed by atoms with Crippen molar-refractivity contribution in [2.24, 2.45) is 16.8 Å². The van der Waals surface area contributed by atoms with Crippen molar-refractivity contribution in [3.63, 3.8) is 0 Å². The second kappa shape index (κ2) is 11.4. The Labute approximate surface area is 248 Å². The van der Waals surface area contributed by atoms with Gasteiger partial charge in [0.25, 0.3) is 0 Å². The summed E-state index contributed by atoms with van der Waals surface area (Å²) in [6, 6.07) is 14.6. The van der Waals surface area contributed by atoms with Crippen LogP contribution in [0, 0.1) is 11.8 Å². The Morgan fingerprint density at radius 1 is 1.12 bits per heavy atom. The summed E-state index contributed by atoms with van der Waals surface area (Å²) in [6.45, 7) is 8.64. The summed E-state index contributed by atoms with van der Waals surface area (Å²) in [4.78, 5) is 21.1. The summed E-state index contributed by atoms with van der Waals surface area (Å²) in [5, 5.41) is 0. The van der Waals surface area contributed by atoms with Crippen molar-refractivity contribution in [2.45, 2.75) is 77.3 Å². The summed E-state index contributed by atoms with van der Waals surface area (Å²) in [5.41, 5.74) is 1.41. The fourth-order valence-corrected chi connectivity index (χ4v) is 7.57. The molecule has 0 N–H and O–H groups in total. The van der Waals surface area contributed by atoms with Crippen molar-refractivity contribution in [2.75, 3.05) is 13.1 Å². The zero-order chi connectivity index (χ0) is 29.5. The SMILES string of the molecule is CC(C)C1CCC(C)(OCc2ccccc2)CC1c1cn(-c2ccc3c(c2)OC(F)(F)O3)c(=NC(=O)N2CCCC2)s1. The molecule has 0 bridgehead atoms. The average Bonchev–Trinajstić information content (AvgIpc) is 3.70. The maximum atomic E-state index is 13.8. The van der Waals surface area contributed by atoms with E-state index < -0.39 is 6.29 Å². The normalized spacial score (nSPS) is 25.4. The number of amides is 2. The Morgan fingerprint density at radius 2 is 1.86 bits per heavy atom. The highest BCUT2D eigenvalue weighted by atomic mass is 32.1. The van der Waals surface area contributed by atoms with Gasteiger partial charge in [-0.15, -0.1) is 20.1 Å². The maximum absolute atomic E-state index is 13.8. The van der Waals surface area contributed by atoms with Crippen molar-refractivity contribution in [1.82, 2.24) is 9.47 Å². The number of urea groups is 1. The molecule has 1 aromatic heterocycles. The fraction of sp³-hybridized carbons (Fsp3) is 0.500. The van der Waals surface area contributed by atoms with Crippen LogP contribution in [-0.4, -0.2) is 40.5 Å². The third-order valence-corrected chi connectivity index (χ3v) is 9.84. The molecule has 0 spiro atoms. The van der Waals surface area contributed by atoms with Crippen molar-refractivity contribution < 1.29 is 27.8 Å². The Kier molecular flexibility index (Phi) is 7.87. The topological polar surface area (TPSA) is 65.3 Å². The highest BCUT2D eigenvalue weighted by Gasteiger charge is 2.44. The van der Waals surface area contributed by atoms with Gasteiger partial charge in [0.1, 0.15) is 0 Å². The predicted octanol–water partition coefficient (Wildman–Crippen LogP) is 7.49. The van der Waals surface area contributed by atoms with Crippen molar-refractivity contribution in [1.29, 1.82) is 0 Å². The number of aromatic nitrogens is 1. The number of benzene rings is 2. The van der Waals surface area contributed by atoms with Crippen LogP contribution in [0.2, 0.25) is 0 Å². The van der Waals surface area contributed by atoms with Gasteiger partial charge >= 0.3 is 12.3 Å². The standard InChI is InChI=1S/C32H37F2N3O4S/c1-21(2)24-13-14-31(3,39-20-22-9-5-4-6-10-22)18-25(24)28-19-37(30(42-28)35-29(38)36-15-7-8-16-36)23-11-12-26-27(17-23)41-32(33,34)40-26/h4-6,9-12,17,19,21,24-25H,7-8,13-16,18,20H2,1-3H3. The minimum absolute atomic E-state index is 0.0232. The number of alkyl halides is 2. The average molecular weight is 598 g/mol. The van der Waals surface area contributed by atoms with Crippen LogP contribution in [-0.2, 0) is 11.3 Å². The van der Waals surface area contributed by atoms with E-state index >= 15 is 0 Å². The van der Waals surface area contributed by atoms with Gasteiger partial charge in [0, 0.05) is 36.1 Å². The lowest BCUT2D eigenvalue weighted by Gasteiger charge is -2.44. The van der Waals surface area contributed by atoms with Gasteiger partial charge in [0.05, 0.1) is 17.9 Å². The van der Waals surface area contributed by atoms with E-state index in [1.165, 1.54) is 23.5 Å². The number of hydrogen-bond donors (Lipinski definition) is 0. The Bertz CT molecular complexity index is 1500. The first-order valence-corrected chi connectivity index (χ1v) is 15.5. The zero-order valence-corrected chi connectivity index (χ0v) is 25.0. The molecule has 3 unspecified atom stereocenters. The number of fused-ring (bicyclic) bond motifs is 1. The summed E-state index contributed by atoms with van der Waals surface area (Å²) >= 11 is 1.49. The first-order chi connectivity index (χ1) is 20.1. The van der Waals surface area contributed by atoms with Crippen LogP contribution in [0.1, 0.15) is 69.2 Å². The van der Waals surface area contributed by atoms with Gasteiger partial charge in [-0.05, 0) is 68.6 Å². The van der Waals surface area contributed by atoms with Gasteiger partial charge in [-0.25, -0.2) is 4.79 Å². The molecule has 3 aliphatic rings. The smallest absolute Gasteiger partial charge is 0.395 e. The van der Waals surface area contributed by atoms with Crippen molar-refractivity contribution in [3.8, 4) is 17.2 Å². The van der Waals surface area contributed by atoms with E-state index in [4.69, 9.17) is 9.47 Å². The number of halogens is 2. The molecule has 10 heteroatoms. The van der Waals surface area contributed by atoms with Gasteiger partial charge in [-0.3, -0.25) is 4.57 Å². The van der Waals surface area contributed by atoms with Gasteiger partial charge < -0.3 is 19.1 Å². The number of carbonyl (C=O) groups is 1. The van der Waals surface area contributed by atoms with E-state index in [1.807, 2.05) is 29.0 Å². The van der Waals surface area contributed by atoms with E-state index in [-0.39, 0.29) is 29.0 Å². The molecule has 0 radical (unpaired) electrons. The molecule has 2 aromatic carbocycles. The Hall–Kier alpha value is -3.24. The molecular formula is C32H37F2N3O4S. The fourth-order valence-electron chi connectivity index (χ4n) is 6.41. The lowest BCUT2D eigenvalue weighted by molar-refractivity contribution is -0.286. The molecule has 7 nitrogen and oxygen atoms in total. The minimum Gasteiger partial charge on any atom is -0.395 e. The van der Waals surface area contributed by atoms with Crippen molar-refractivity contribution >= 4 is 17.4 Å². The quantitative estimate of drug-likeness (QED) is 0.295. The van der Waals surface area contributed by atoms with E-state index in [1.54, 1.807) is 11.0 Å². The number of thiazole rings is 1. The Balaban J connectivity index is 1.36. The molecule has 3 aromatic rings. The molecule has 1 saturated carbocycles. The lowest BCUT2D eigenvalue weighted by Crippen LogP contribution is -2.39. The van der Waals surface area contributed by atoms with Gasteiger partial charge in [0.15, 0.2) is 16.3 Å². The van der Waals surface area contributed by atoms with Gasteiger partial charge in [0.2, 0.25) is 0 Å². The molecule has 2 aliphatic heterocycles. The molecule has 224 valence electrons. The number of carbonyl (C=O) groups excluding carboxylic acids is 1. The first kappa shape index (κ1) is 28.9. The largest absolute Gasteiger partial charge is 0.586 e. The second-order valence-electron chi connectivity index (χ2n) is 12.2. The first-order valence-electron chi connectivity index (χ1n) is 14.7. The number of hydrogen-bond acceptors (Lipinski definition) is 5. The van der Waals surface area contributed by atoms with Crippen molar-refractivity contribution in [3.05, 3.63) is 70.0 Å². The monoisotopic (exact) mass is 597 g/mol. The van der Waals surface area contributed by atoms with E-state index in [9.17, 15) is 13.6 Å². The molecular weight excluding hydrogens is 560 g/mol. The molecule has 2 amide bonds. The van der Waals surface area contributed by atoms with E-state index in [2.05, 4.69) is 42.6 Å². The third kappa shape index (κ3) is 6.10. The van der Waals surface area contributed by atoms with Crippen LogP contribution in [0.4, 0.5) is 13.6 Å². The van der Waals surface area contributed by atoms with Gasteiger partial charge in [-0.2, -0.15) is 4.99 Å². The van der Waals surface area contributed by atoms with Crippen LogP contribution in [0.5, 0.6) is 11.5 Å². The summed E-state index contributed by atoms with van der Waals surface area (Å²) in [7, 11) is 0. The highest BCUT2D eigenvalue weighted by Crippen LogP contribution is 2.48. The van der Waals surface area contributed by atoms with Crippen LogP contribution >= 0.6 is 11.3 Å². The summed E-state index contributed by atoms with van der Waals surface area (Å²) < 4.78 is 45.3. The van der Waals surface area contributed by atoms with Crippen LogP contribution in [0.3, 0.4) is 0 Å². The van der Waals surface area contributed by atoms with Crippen LogP contribution in [0.25, 0.3) is 5.69 Å². The highest BCUT2D eigenvalue weighted by molar-refractivity contribution is 7.09. The van der Waals surface area contributed by atoms with Crippen LogP contribution < -0.4 is 14.3 Å².